The summed E-state index contributed by atoms with van der Waals surface area (Å²) in [5, 5.41) is 0. The Labute approximate surface area is 156 Å². The topological polar surface area (TPSA) is 76.4 Å². The van der Waals surface area contributed by atoms with E-state index in [4.69, 9.17) is 4.74 Å². The summed E-state index contributed by atoms with van der Waals surface area (Å²) in [5.41, 5.74) is 3.74. The molecule has 5 rings (SSSR count). The van der Waals surface area contributed by atoms with E-state index in [1.807, 2.05) is 34.7 Å². The molecule has 0 spiro atoms. The number of aromatic nitrogens is 4. The molecular formula is C19H20N6O2. The second-order valence-corrected chi connectivity index (χ2v) is 6.90. The molecule has 3 aromatic rings. The first kappa shape index (κ1) is 16.2. The number of anilines is 2. The number of carbonyl (C=O) groups is 1. The maximum Gasteiger partial charge on any atom is 0.257 e. The number of rotatable bonds is 2. The molecule has 138 valence electrons. The Morgan fingerprint density at radius 2 is 2.07 bits per heavy atom. The molecule has 1 fully saturated rings. The van der Waals surface area contributed by atoms with Gasteiger partial charge in [0.1, 0.15) is 6.33 Å². The van der Waals surface area contributed by atoms with Crippen LogP contribution in [0.15, 0.2) is 36.9 Å². The molecule has 27 heavy (non-hydrogen) atoms. The first-order chi connectivity index (χ1) is 13.2. The zero-order chi connectivity index (χ0) is 18.4. The minimum Gasteiger partial charge on any atom is -0.365 e. The molecule has 8 heteroatoms. The van der Waals surface area contributed by atoms with Gasteiger partial charge in [0.25, 0.3) is 5.91 Å². The molecule has 2 aromatic heterocycles. The number of fused-ring (bicyclic) bond motifs is 2. The van der Waals surface area contributed by atoms with Crippen LogP contribution in [0.25, 0.3) is 11.2 Å². The van der Waals surface area contributed by atoms with Crippen LogP contribution < -0.4 is 9.80 Å². The molecule has 2 aliphatic heterocycles. The lowest BCUT2D eigenvalue weighted by Crippen LogP contribution is -2.51. The van der Waals surface area contributed by atoms with Gasteiger partial charge in [0, 0.05) is 25.8 Å². The molecule has 1 aromatic carbocycles. The Balaban J connectivity index is 1.40. The van der Waals surface area contributed by atoms with E-state index >= 15 is 0 Å². The summed E-state index contributed by atoms with van der Waals surface area (Å²) < 4.78 is 7.70. The minimum absolute atomic E-state index is 0.0102. The van der Waals surface area contributed by atoms with E-state index in [2.05, 4.69) is 25.9 Å². The molecule has 0 N–H and O–H groups in total. The summed E-state index contributed by atoms with van der Waals surface area (Å²) in [6.45, 7) is 2.31. The highest BCUT2D eigenvalue weighted by Crippen LogP contribution is 2.29. The fourth-order valence-electron chi connectivity index (χ4n) is 3.90. The zero-order valence-corrected chi connectivity index (χ0v) is 15.1. The van der Waals surface area contributed by atoms with Crippen molar-refractivity contribution in [1.29, 1.82) is 0 Å². The van der Waals surface area contributed by atoms with Gasteiger partial charge >= 0.3 is 0 Å². The zero-order valence-electron chi connectivity index (χ0n) is 15.1. The Morgan fingerprint density at radius 3 is 3.00 bits per heavy atom. The molecule has 1 atom stereocenters. The maximum atomic E-state index is 13.1. The highest BCUT2D eigenvalue weighted by atomic mass is 16.5. The quantitative estimate of drug-likeness (QED) is 0.679. The van der Waals surface area contributed by atoms with E-state index in [9.17, 15) is 4.79 Å². The van der Waals surface area contributed by atoms with Crippen molar-refractivity contribution in [3.63, 3.8) is 0 Å². The van der Waals surface area contributed by atoms with Crippen molar-refractivity contribution in [2.45, 2.75) is 12.5 Å². The van der Waals surface area contributed by atoms with Crippen molar-refractivity contribution >= 4 is 28.6 Å². The minimum atomic E-state index is -0.515. The van der Waals surface area contributed by atoms with Crippen molar-refractivity contribution in [3.05, 3.63) is 42.5 Å². The Kier molecular flexibility index (Phi) is 3.78. The van der Waals surface area contributed by atoms with Gasteiger partial charge in [-0.15, -0.1) is 0 Å². The number of hydrogen-bond donors (Lipinski definition) is 0. The van der Waals surface area contributed by atoms with E-state index in [1.165, 1.54) is 5.56 Å². The largest absolute Gasteiger partial charge is 0.365 e. The number of aryl methyl sites for hydroxylation is 1. The monoisotopic (exact) mass is 364 g/mol. The van der Waals surface area contributed by atoms with Gasteiger partial charge < -0.3 is 19.1 Å². The molecule has 8 nitrogen and oxygen atoms in total. The molecule has 2 aliphatic rings. The maximum absolute atomic E-state index is 13.1. The summed E-state index contributed by atoms with van der Waals surface area (Å²) in [4.78, 5) is 30.2. The highest BCUT2D eigenvalue weighted by molar-refractivity contribution is 5.99. The standard InChI is InChI=1S/C19H20N6O2/c1-23-12-22-16-17(23)20-11-21-18(16)24-8-9-27-15(10-24)19(26)25-7-6-13-4-2-3-5-14(13)25/h2-5,11-12,15H,6-10H2,1H3. The van der Waals surface area contributed by atoms with E-state index in [0.29, 0.717) is 26.2 Å². The van der Waals surface area contributed by atoms with Crippen LogP contribution in [-0.2, 0) is 23.0 Å². The number of hydrogen-bond acceptors (Lipinski definition) is 6. The second-order valence-electron chi connectivity index (χ2n) is 6.90. The normalized spacial score (nSPS) is 19.5. The smallest absolute Gasteiger partial charge is 0.257 e. The first-order valence-electron chi connectivity index (χ1n) is 9.10. The van der Waals surface area contributed by atoms with Crippen LogP contribution in [0.2, 0.25) is 0 Å². The molecular weight excluding hydrogens is 344 g/mol. The lowest BCUT2D eigenvalue weighted by Gasteiger charge is -2.34. The predicted octanol–water partition coefficient (Wildman–Crippen LogP) is 1.16. The summed E-state index contributed by atoms with van der Waals surface area (Å²) in [5.74, 6) is 0.763. The van der Waals surface area contributed by atoms with Crippen LogP contribution in [0.3, 0.4) is 0 Å². The number of imidazole rings is 1. The van der Waals surface area contributed by atoms with Crippen LogP contribution in [0.5, 0.6) is 0 Å². The molecule has 1 amide bonds. The predicted molar refractivity (Wildman–Crippen MR) is 101 cm³/mol. The molecule has 4 heterocycles. The molecule has 1 saturated heterocycles. The number of amides is 1. The van der Waals surface area contributed by atoms with Crippen molar-refractivity contribution in [3.8, 4) is 0 Å². The third kappa shape index (κ3) is 2.64. The lowest BCUT2D eigenvalue weighted by atomic mass is 10.2. The van der Waals surface area contributed by atoms with Gasteiger partial charge in [0.15, 0.2) is 23.1 Å². The van der Waals surface area contributed by atoms with Crippen molar-refractivity contribution in [1.82, 2.24) is 19.5 Å². The number of nitrogens with zero attached hydrogens (tertiary/aromatic N) is 6. The number of benzene rings is 1. The second kappa shape index (κ2) is 6.31. The number of morpholine rings is 1. The van der Waals surface area contributed by atoms with Gasteiger partial charge in [-0.2, -0.15) is 0 Å². The third-order valence-corrected chi connectivity index (χ3v) is 5.27. The Hall–Kier alpha value is -3.00. The number of carbonyl (C=O) groups excluding carboxylic acids is 1. The van der Waals surface area contributed by atoms with E-state index in [-0.39, 0.29) is 5.91 Å². The fraction of sp³-hybridized carbons (Fsp3) is 0.368. The Bertz CT molecular complexity index is 1020. The molecule has 1 unspecified atom stereocenters. The van der Waals surface area contributed by atoms with Gasteiger partial charge in [-0.05, 0) is 18.1 Å². The summed E-state index contributed by atoms with van der Waals surface area (Å²) >= 11 is 0. The molecule has 0 saturated carbocycles. The fourth-order valence-corrected chi connectivity index (χ4v) is 3.90. The van der Waals surface area contributed by atoms with Gasteiger partial charge in [-0.25, -0.2) is 15.0 Å². The highest BCUT2D eigenvalue weighted by Gasteiger charge is 2.34. The number of para-hydroxylation sites is 1. The van der Waals surface area contributed by atoms with Gasteiger partial charge in [-0.3, -0.25) is 4.79 Å². The lowest BCUT2D eigenvalue weighted by molar-refractivity contribution is -0.130. The van der Waals surface area contributed by atoms with Crippen molar-refractivity contribution in [2.24, 2.45) is 7.05 Å². The van der Waals surface area contributed by atoms with Crippen LogP contribution in [0, 0.1) is 0 Å². The summed E-state index contributed by atoms with van der Waals surface area (Å²) in [6, 6.07) is 8.06. The average Bonchev–Trinajstić information content (AvgIpc) is 3.31. The molecule has 0 bridgehead atoms. The van der Waals surface area contributed by atoms with E-state index < -0.39 is 6.10 Å². The van der Waals surface area contributed by atoms with Crippen LogP contribution in [0.4, 0.5) is 11.5 Å². The molecule has 0 aliphatic carbocycles. The Morgan fingerprint density at radius 1 is 1.19 bits per heavy atom. The van der Waals surface area contributed by atoms with Crippen LogP contribution in [0.1, 0.15) is 5.56 Å². The van der Waals surface area contributed by atoms with Crippen molar-refractivity contribution in [2.75, 3.05) is 36.0 Å². The third-order valence-electron chi connectivity index (χ3n) is 5.27. The first-order valence-corrected chi connectivity index (χ1v) is 9.10. The molecule has 0 radical (unpaired) electrons. The number of ether oxygens (including phenoxy) is 1. The van der Waals surface area contributed by atoms with Gasteiger partial charge in [0.05, 0.1) is 19.5 Å². The van der Waals surface area contributed by atoms with Gasteiger partial charge in [-0.1, -0.05) is 18.2 Å². The SMILES string of the molecule is Cn1cnc2c(N3CCOC(C(=O)N4CCc5ccccc54)C3)ncnc21. The van der Waals surface area contributed by atoms with E-state index in [0.717, 1.165) is 29.1 Å². The van der Waals surface area contributed by atoms with Crippen molar-refractivity contribution < 1.29 is 9.53 Å². The van der Waals surface area contributed by atoms with Crippen LogP contribution in [-0.4, -0.2) is 57.8 Å². The van der Waals surface area contributed by atoms with Crippen LogP contribution >= 0.6 is 0 Å². The summed E-state index contributed by atoms with van der Waals surface area (Å²) in [7, 11) is 1.91. The van der Waals surface area contributed by atoms with E-state index in [1.54, 1.807) is 12.7 Å². The van der Waals surface area contributed by atoms with Gasteiger partial charge in [0.2, 0.25) is 0 Å². The summed E-state index contributed by atoms with van der Waals surface area (Å²) in [6.07, 6.45) is 3.65. The average molecular weight is 364 g/mol.